The number of nitrogens with zero attached hydrogens (tertiary/aromatic N) is 1. The minimum Gasteiger partial charge on any atom is -0.352 e. The molecule has 1 aliphatic heterocycles. The fourth-order valence-corrected chi connectivity index (χ4v) is 3.93. The number of amides is 2. The smallest absolute Gasteiger partial charge is 0.222 e. The van der Waals surface area contributed by atoms with Crippen molar-refractivity contribution in [2.45, 2.75) is 51.7 Å². The molecule has 0 spiro atoms. The van der Waals surface area contributed by atoms with E-state index >= 15 is 0 Å². The lowest BCUT2D eigenvalue weighted by Crippen LogP contribution is -2.48. The Labute approximate surface area is 173 Å². The molecular formula is C24H31N3O2. The Balaban J connectivity index is 1.56. The van der Waals surface area contributed by atoms with E-state index in [1.807, 2.05) is 37.3 Å². The van der Waals surface area contributed by atoms with E-state index < -0.39 is 0 Å². The quantitative estimate of drug-likeness (QED) is 0.758. The van der Waals surface area contributed by atoms with Crippen LogP contribution < -0.4 is 10.6 Å². The molecule has 0 saturated carbocycles. The summed E-state index contributed by atoms with van der Waals surface area (Å²) in [7, 11) is 0. The van der Waals surface area contributed by atoms with E-state index in [1.54, 1.807) is 0 Å². The lowest BCUT2D eigenvalue weighted by atomic mass is 10.0. The standard InChI is InChI=1S/C24H31N3O2/c1-18-10-12-21(13-11-18)23(25-19(2)28)15-24(29)26-22-9-6-14-27(17-22)16-20-7-4-3-5-8-20/h3-5,7-8,10-13,22-23H,6,9,14-17H2,1-2H3,(H,25,28)(H,26,29). The normalized spacial score (nSPS) is 18.1. The van der Waals surface area contributed by atoms with E-state index in [0.717, 1.165) is 43.6 Å². The zero-order valence-corrected chi connectivity index (χ0v) is 17.4. The number of carbonyl (C=O) groups is 2. The summed E-state index contributed by atoms with van der Waals surface area (Å²) in [4.78, 5) is 26.8. The van der Waals surface area contributed by atoms with Gasteiger partial charge in [0.2, 0.25) is 11.8 Å². The molecule has 0 aromatic heterocycles. The molecule has 0 bridgehead atoms. The molecule has 2 unspecified atom stereocenters. The molecule has 0 radical (unpaired) electrons. The monoisotopic (exact) mass is 393 g/mol. The van der Waals surface area contributed by atoms with Crippen LogP contribution in [0.1, 0.15) is 48.9 Å². The summed E-state index contributed by atoms with van der Waals surface area (Å²) in [5, 5.41) is 6.10. The molecule has 2 atom stereocenters. The number of aryl methyl sites for hydroxylation is 1. The predicted molar refractivity (Wildman–Crippen MR) is 115 cm³/mol. The Hall–Kier alpha value is -2.66. The lowest BCUT2D eigenvalue weighted by molar-refractivity contribution is -0.123. The molecule has 1 aliphatic rings. The number of piperidine rings is 1. The van der Waals surface area contributed by atoms with E-state index in [4.69, 9.17) is 0 Å². The van der Waals surface area contributed by atoms with Crippen LogP contribution in [0.5, 0.6) is 0 Å². The van der Waals surface area contributed by atoms with Crippen LogP contribution in [-0.4, -0.2) is 35.8 Å². The van der Waals surface area contributed by atoms with Gasteiger partial charge in [0.1, 0.15) is 0 Å². The molecule has 2 aromatic carbocycles. The Morgan fingerprint density at radius 2 is 1.83 bits per heavy atom. The van der Waals surface area contributed by atoms with Crippen LogP contribution in [0, 0.1) is 6.92 Å². The first-order valence-corrected chi connectivity index (χ1v) is 10.4. The van der Waals surface area contributed by atoms with Gasteiger partial charge in [0.15, 0.2) is 0 Å². The molecule has 2 amide bonds. The average Bonchev–Trinajstić information content (AvgIpc) is 2.69. The van der Waals surface area contributed by atoms with Crippen LogP contribution in [0.3, 0.4) is 0 Å². The summed E-state index contributed by atoms with van der Waals surface area (Å²) in [6.07, 6.45) is 2.31. The van der Waals surface area contributed by atoms with Gasteiger partial charge in [-0.3, -0.25) is 14.5 Å². The summed E-state index contributed by atoms with van der Waals surface area (Å²) in [6.45, 7) is 6.33. The lowest BCUT2D eigenvalue weighted by Gasteiger charge is -2.33. The molecule has 5 heteroatoms. The predicted octanol–water partition coefficient (Wildman–Crippen LogP) is 3.34. The van der Waals surface area contributed by atoms with Crippen molar-refractivity contribution in [3.8, 4) is 0 Å². The Kier molecular flexibility index (Phi) is 7.42. The van der Waals surface area contributed by atoms with Crippen LogP contribution in [0.25, 0.3) is 0 Å². The van der Waals surface area contributed by atoms with Gasteiger partial charge in [-0.2, -0.15) is 0 Å². The van der Waals surface area contributed by atoms with Crippen LogP contribution >= 0.6 is 0 Å². The van der Waals surface area contributed by atoms with Gasteiger partial charge >= 0.3 is 0 Å². The maximum absolute atomic E-state index is 12.7. The van der Waals surface area contributed by atoms with Crippen LogP contribution in [0.15, 0.2) is 54.6 Å². The van der Waals surface area contributed by atoms with Gasteiger partial charge in [-0.1, -0.05) is 60.2 Å². The molecule has 1 saturated heterocycles. The highest BCUT2D eigenvalue weighted by Gasteiger charge is 2.23. The molecule has 5 nitrogen and oxygen atoms in total. The maximum atomic E-state index is 12.7. The van der Waals surface area contributed by atoms with E-state index in [9.17, 15) is 9.59 Å². The average molecular weight is 394 g/mol. The molecule has 3 rings (SSSR count). The number of nitrogens with one attached hydrogen (secondary N) is 2. The third-order valence-corrected chi connectivity index (χ3v) is 5.37. The zero-order valence-electron chi connectivity index (χ0n) is 17.4. The minimum atomic E-state index is -0.308. The fourth-order valence-electron chi connectivity index (χ4n) is 3.93. The number of likely N-dealkylation sites (tertiary alicyclic amines) is 1. The molecular weight excluding hydrogens is 362 g/mol. The summed E-state index contributed by atoms with van der Waals surface area (Å²) in [6, 6.07) is 18.2. The number of benzene rings is 2. The van der Waals surface area contributed by atoms with E-state index in [0.29, 0.717) is 0 Å². The van der Waals surface area contributed by atoms with Crippen molar-refractivity contribution in [1.82, 2.24) is 15.5 Å². The van der Waals surface area contributed by atoms with Crippen LogP contribution in [0.4, 0.5) is 0 Å². The van der Waals surface area contributed by atoms with Crippen molar-refractivity contribution in [3.05, 3.63) is 71.3 Å². The Bertz CT molecular complexity index is 805. The first-order valence-electron chi connectivity index (χ1n) is 10.4. The number of rotatable bonds is 7. The van der Waals surface area contributed by atoms with Gasteiger partial charge < -0.3 is 10.6 Å². The maximum Gasteiger partial charge on any atom is 0.222 e. The first kappa shape index (κ1) is 21.1. The van der Waals surface area contributed by atoms with E-state index in [2.05, 4.69) is 39.8 Å². The fraction of sp³-hybridized carbons (Fsp3) is 0.417. The van der Waals surface area contributed by atoms with Crippen molar-refractivity contribution < 1.29 is 9.59 Å². The van der Waals surface area contributed by atoms with Gasteiger partial charge in [0.05, 0.1) is 12.5 Å². The summed E-state index contributed by atoms with van der Waals surface area (Å²) in [5.74, 6) is -0.147. The molecule has 1 heterocycles. The van der Waals surface area contributed by atoms with E-state index in [-0.39, 0.29) is 30.3 Å². The minimum absolute atomic E-state index is 0.0177. The molecule has 29 heavy (non-hydrogen) atoms. The largest absolute Gasteiger partial charge is 0.352 e. The van der Waals surface area contributed by atoms with Crippen molar-refractivity contribution in [2.24, 2.45) is 0 Å². The summed E-state index contributed by atoms with van der Waals surface area (Å²) in [5.41, 5.74) is 3.40. The van der Waals surface area contributed by atoms with Crippen molar-refractivity contribution in [2.75, 3.05) is 13.1 Å². The van der Waals surface area contributed by atoms with Crippen molar-refractivity contribution in [1.29, 1.82) is 0 Å². The van der Waals surface area contributed by atoms with Crippen molar-refractivity contribution in [3.63, 3.8) is 0 Å². The number of hydrogen-bond donors (Lipinski definition) is 2. The van der Waals surface area contributed by atoms with Gasteiger partial charge in [0, 0.05) is 26.1 Å². The topological polar surface area (TPSA) is 61.4 Å². The molecule has 154 valence electrons. The Morgan fingerprint density at radius 1 is 1.10 bits per heavy atom. The molecule has 2 N–H and O–H groups in total. The van der Waals surface area contributed by atoms with Gasteiger partial charge in [-0.15, -0.1) is 0 Å². The molecule has 1 fully saturated rings. The molecule has 0 aliphatic carbocycles. The van der Waals surface area contributed by atoms with Gasteiger partial charge in [0.25, 0.3) is 0 Å². The van der Waals surface area contributed by atoms with E-state index in [1.165, 1.54) is 12.5 Å². The van der Waals surface area contributed by atoms with Gasteiger partial charge in [-0.05, 0) is 37.4 Å². The third kappa shape index (κ3) is 6.71. The van der Waals surface area contributed by atoms with Crippen LogP contribution in [-0.2, 0) is 16.1 Å². The third-order valence-electron chi connectivity index (χ3n) is 5.37. The second-order valence-electron chi connectivity index (χ2n) is 8.00. The highest BCUT2D eigenvalue weighted by molar-refractivity contribution is 5.79. The summed E-state index contributed by atoms with van der Waals surface area (Å²) < 4.78 is 0. The first-order chi connectivity index (χ1) is 14.0. The summed E-state index contributed by atoms with van der Waals surface area (Å²) >= 11 is 0. The highest BCUT2D eigenvalue weighted by Crippen LogP contribution is 2.19. The Morgan fingerprint density at radius 3 is 2.52 bits per heavy atom. The zero-order chi connectivity index (χ0) is 20.6. The number of carbonyl (C=O) groups excluding carboxylic acids is 2. The van der Waals surface area contributed by atoms with Gasteiger partial charge in [-0.25, -0.2) is 0 Å². The second-order valence-corrected chi connectivity index (χ2v) is 8.00. The van der Waals surface area contributed by atoms with Crippen LogP contribution in [0.2, 0.25) is 0 Å². The second kappa shape index (κ2) is 10.2. The molecule has 2 aromatic rings. The SMILES string of the molecule is CC(=O)NC(CC(=O)NC1CCCN(Cc2ccccc2)C1)c1ccc(C)cc1. The van der Waals surface area contributed by atoms with Crippen molar-refractivity contribution >= 4 is 11.8 Å². The highest BCUT2D eigenvalue weighted by atomic mass is 16.2. The number of hydrogen-bond acceptors (Lipinski definition) is 3.